The zero-order valence-corrected chi connectivity index (χ0v) is 18.6. The Bertz CT molecular complexity index is 900. The molecule has 1 aliphatic rings. The van der Waals surface area contributed by atoms with E-state index in [4.69, 9.17) is 14.2 Å². The molecule has 0 unspecified atom stereocenters. The number of carbonyl (C=O) groups excluding carboxylic acids is 2. The Hall–Kier alpha value is -3.22. The summed E-state index contributed by atoms with van der Waals surface area (Å²) < 4.78 is 16.7. The fourth-order valence-electron chi connectivity index (χ4n) is 3.26. The lowest BCUT2D eigenvalue weighted by Crippen LogP contribution is -2.51. The van der Waals surface area contributed by atoms with E-state index >= 15 is 0 Å². The molecule has 3 rings (SSSR count). The van der Waals surface area contributed by atoms with Gasteiger partial charge in [0.25, 0.3) is 5.91 Å². The fraction of sp³-hybridized carbons (Fsp3) is 0.417. The van der Waals surface area contributed by atoms with E-state index in [1.165, 1.54) is 0 Å². The largest absolute Gasteiger partial charge is 0.493 e. The van der Waals surface area contributed by atoms with E-state index in [9.17, 15) is 9.59 Å². The molecule has 0 N–H and O–H groups in total. The van der Waals surface area contributed by atoms with E-state index in [2.05, 4.69) is 0 Å². The van der Waals surface area contributed by atoms with Gasteiger partial charge in [0.15, 0.2) is 11.5 Å². The third kappa shape index (κ3) is 6.13. The number of rotatable bonds is 5. The first-order chi connectivity index (χ1) is 14.8. The zero-order valence-electron chi connectivity index (χ0n) is 18.6. The second kappa shape index (κ2) is 9.73. The third-order valence-corrected chi connectivity index (χ3v) is 4.87. The number of amides is 2. The third-order valence-electron chi connectivity index (χ3n) is 4.87. The highest BCUT2D eigenvalue weighted by molar-refractivity contribution is 5.95. The number of carbonyl (C=O) groups is 2. The quantitative estimate of drug-likeness (QED) is 0.724. The number of benzene rings is 2. The normalized spacial score (nSPS) is 14.2. The molecule has 0 aliphatic carbocycles. The maximum atomic E-state index is 13.0. The molecule has 7 heteroatoms. The van der Waals surface area contributed by atoms with Crippen molar-refractivity contribution < 1.29 is 23.8 Å². The predicted octanol–water partition coefficient (Wildman–Crippen LogP) is 3.97. The van der Waals surface area contributed by atoms with Gasteiger partial charge >= 0.3 is 6.09 Å². The molecular formula is C24H30N2O5. The van der Waals surface area contributed by atoms with Crippen LogP contribution in [0.2, 0.25) is 0 Å². The number of ether oxygens (including phenoxy) is 3. The topological polar surface area (TPSA) is 68.3 Å². The minimum atomic E-state index is -0.537. The Kier molecular flexibility index (Phi) is 7.05. The zero-order chi connectivity index (χ0) is 22.4. The molecule has 0 aromatic heterocycles. The number of hydrogen-bond donors (Lipinski definition) is 0. The molecule has 166 valence electrons. The number of methoxy groups -OCH3 is 1. The van der Waals surface area contributed by atoms with Crippen molar-refractivity contribution in [1.29, 1.82) is 0 Å². The molecule has 7 nitrogen and oxygen atoms in total. The van der Waals surface area contributed by atoms with Crippen molar-refractivity contribution in [2.24, 2.45) is 0 Å². The second-order valence-corrected chi connectivity index (χ2v) is 8.40. The van der Waals surface area contributed by atoms with Crippen LogP contribution in [0, 0.1) is 0 Å². The van der Waals surface area contributed by atoms with Gasteiger partial charge in [0.1, 0.15) is 12.2 Å². The van der Waals surface area contributed by atoms with Crippen LogP contribution in [-0.2, 0) is 11.3 Å². The molecule has 31 heavy (non-hydrogen) atoms. The second-order valence-electron chi connectivity index (χ2n) is 8.40. The molecule has 2 aromatic carbocycles. The molecule has 2 aromatic rings. The summed E-state index contributed by atoms with van der Waals surface area (Å²) in [6, 6.07) is 15.0. The van der Waals surface area contributed by atoms with Crippen molar-refractivity contribution in [1.82, 2.24) is 9.80 Å². The summed E-state index contributed by atoms with van der Waals surface area (Å²) in [5, 5.41) is 0. The summed E-state index contributed by atoms with van der Waals surface area (Å²) in [5.41, 5.74) is 1.03. The van der Waals surface area contributed by atoms with Gasteiger partial charge in [-0.3, -0.25) is 4.79 Å². The Morgan fingerprint density at radius 2 is 1.55 bits per heavy atom. The first-order valence-corrected chi connectivity index (χ1v) is 10.4. The summed E-state index contributed by atoms with van der Waals surface area (Å²) >= 11 is 0. The summed E-state index contributed by atoms with van der Waals surface area (Å²) in [7, 11) is 1.55. The SMILES string of the molecule is COc1cc(C(=O)N2CCN(C(=O)OC(C)(C)C)CC2)ccc1OCc1ccccc1. The highest BCUT2D eigenvalue weighted by Crippen LogP contribution is 2.29. The average molecular weight is 427 g/mol. The van der Waals surface area contributed by atoms with Gasteiger partial charge < -0.3 is 24.0 Å². The van der Waals surface area contributed by atoms with Gasteiger partial charge in [0, 0.05) is 31.7 Å². The van der Waals surface area contributed by atoms with E-state index in [1.54, 1.807) is 35.1 Å². The molecule has 0 radical (unpaired) electrons. The van der Waals surface area contributed by atoms with Crippen LogP contribution in [0.15, 0.2) is 48.5 Å². The highest BCUT2D eigenvalue weighted by atomic mass is 16.6. The van der Waals surface area contributed by atoms with Crippen LogP contribution in [0.5, 0.6) is 11.5 Å². The van der Waals surface area contributed by atoms with Crippen molar-refractivity contribution in [2.75, 3.05) is 33.3 Å². The Morgan fingerprint density at radius 3 is 2.16 bits per heavy atom. The molecule has 0 atom stereocenters. The average Bonchev–Trinajstić information content (AvgIpc) is 2.76. The van der Waals surface area contributed by atoms with Crippen LogP contribution in [0.4, 0.5) is 4.79 Å². The van der Waals surface area contributed by atoms with Gasteiger partial charge in [-0.15, -0.1) is 0 Å². The lowest BCUT2D eigenvalue weighted by atomic mass is 10.1. The molecule has 1 aliphatic heterocycles. The fourth-order valence-corrected chi connectivity index (χ4v) is 3.26. The molecule has 0 saturated carbocycles. The van der Waals surface area contributed by atoms with Crippen LogP contribution in [0.25, 0.3) is 0 Å². The first-order valence-electron chi connectivity index (χ1n) is 10.4. The minimum absolute atomic E-state index is 0.100. The van der Waals surface area contributed by atoms with Gasteiger partial charge in [0.2, 0.25) is 0 Å². The summed E-state index contributed by atoms with van der Waals surface area (Å²) in [6.45, 7) is 7.71. The van der Waals surface area contributed by atoms with E-state index in [0.29, 0.717) is 49.8 Å². The molecular weight excluding hydrogens is 396 g/mol. The van der Waals surface area contributed by atoms with E-state index in [0.717, 1.165) is 5.56 Å². The maximum absolute atomic E-state index is 13.0. The van der Waals surface area contributed by atoms with Gasteiger partial charge in [-0.05, 0) is 44.5 Å². The summed E-state index contributed by atoms with van der Waals surface area (Å²) in [6.07, 6.45) is -0.346. The Balaban J connectivity index is 1.60. The van der Waals surface area contributed by atoms with Gasteiger partial charge in [-0.25, -0.2) is 4.79 Å². The molecule has 0 spiro atoms. The first kappa shape index (κ1) is 22.5. The molecule has 0 bridgehead atoms. The number of piperazine rings is 1. The van der Waals surface area contributed by atoms with Crippen LogP contribution in [0.1, 0.15) is 36.7 Å². The summed E-state index contributed by atoms with van der Waals surface area (Å²) in [5.74, 6) is 0.989. The van der Waals surface area contributed by atoms with Crippen molar-refractivity contribution in [3.05, 3.63) is 59.7 Å². The van der Waals surface area contributed by atoms with Crippen molar-refractivity contribution in [3.8, 4) is 11.5 Å². The van der Waals surface area contributed by atoms with E-state index in [-0.39, 0.29) is 12.0 Å². The molecule has 1 saturated heterocycles. The van der Waals surface area contributed by atoms with E-state index in [1.807, 2.05) is 51.1 Å². The Morgan fingerprint density at radius 1 is 0.903 bits per heavy atom. The molecule has 2 amide bonds. The number of nitrogens with zero attached hydrogens (tertiary/aromatic N) is 2. The van der Waals surface area contributed by atoms with Gasteiger partial charge in [-0.2, -0.15) is 0 Å². The standard InChI is InChI=1S/C24H30N2O5/c1-24(2,3)31-23(28)26-14-12-25(13-15-26)22(27)19-10-11-20(21(16-19)29-4)30-17-18-8-6-5-7-9-18/h5-11,16H,12-15,17H2,1-4H3. The monoisotopic (exact) mass is 426 g/mol. The summed E-state index contributed by atoms with van der Waals surface area (Å²) in [4.78, 5) is 28.5. The highest BCUT2D eigenvalue weighted by Gasteiger charge is 2.28. The van der Waals surface area contributed by atoms with Crippen molar-refractivity contribution in [2.45, 2.75) is 33.0 Å². The minimum Gasteiger partial charge on any atom is -0.493 e. The van der Waals surface area contributed by atoms with Crippen LogP contribution in [0.3, 0.4) is 0 Å². The van der Waals surface area contributed by atoms with Gasteiger partial charge in [0.05, 0.1) is 7.11 Å². The van der Waals surface area contributed by atoms with Crippen LogP contribution in [-0.4, -0.2) is 60.7 Å². The van der Waals surface area contributed by atoms with Crippen LogP contribution >= 0.6 is 0 Å². The van der Waals surface area contributed by atoms with Crippen molar-refractivity contribution >= 4 is 12.0 Å². The Labute approximate surface area is 183 Å². The smallest absolute Gasteiger partial charge is 0.410 e. The lowest BCUT2D eigenvalue weighted by molar-refractivity contribution is 0.0141. The lowest BCUT2D eigenvalue weighted by Gasteiger charge is -2.35. The van der Waals surface area contributed by atoms with Crippen molar-refractivity contribution in [3.63, 3.8) is 0 Å². The van der Waals surface area contributed by atoms with E-state index < -0.39 is 5.60 Å². The molecule has 1 fully saturated rings. The van der Waals surface area contributed by atoms with Gasteiger partial charge in [-0.1, -0.05) is 30.3 Å². The maximum Gasteiger partial charge on any atom is 0.410 e. The predicted molar refractivity (Wildman–Crippen MR) is 117 cm³/mol. The molecule has 1 heterocycles. The van der Waals surface area contributed by atoms with Crippen LogP contribution < -0.4 is 9.47 Å². The number of hydrogen-bond acceptors (Lipinski definition) is 5.